The van der Waals surface area contributed by atoms with E-state index in [-0.39, 0.29) is 11.9 Å². The van der Waals surface area contributed by atoms with Crippen molar-refractivity contribution in [2.24, 2.45) is 5.92 Å². The van der Waals surface area contributed by atoms with Gasteiger partial charge < -0.3 is 5.32 Å². The maximum absolute atomic E-state index is 13.3. The maximum atomic E-state index is 13.3. The Morgan fingerprint density at radius 1 is 1.33 bits per heavy atom. The molecule has 100 valence electrons. The molecule has 0 spiro atoms. The van der Waals surface area contributed by atoms with Crippen LogP contribution in [0.15, 0.2) is 24.3 Å². The number of halogens is 1. The van der Waals surface area contributed by atoms with Crippen LogP contribution in [0.4, 0.5) is 4.39 Å². The molecule has 2 atom stereocenters. The molecule has 0 saturated carbocycles. The van der Waals surface area contributed by atoms with E-state index < -0.39 is 0 Å². The van der Waals surface area contributed by atoms with Gasteiger partial charge >= 0.3 is 0 Å². The zero-order valence-corrected chi connectivity index (χ0v) is 11.5. The minimum atomic E-state index is -0.143. The van der Waals surface area contributed by atoms with Crippen LogP contribution in [0, 0.1) is 11.7 Å². The van der Waals surface area contributed by atoms with Gasteiger partial charge in [-0.25, -0.2) is 4.39 Å². The molecule has 2 rings (SSSR count). The van der Waals surface area contributed by atoms with Crippen molar-refractivity contribution in [3.63, 3.8) is 0 Å². The van der Waals surface area contributed by atoms with Crippen LogP contribution in [0.2, 0.25) is 0 Å². The monoisotopic (exact) mass is 250 g/mol. The summed E-state index contributed by atoms with van der Waals surface area (Å²) >= 11 is 0. The quantitative estimate of drug-likeness (QED) is 0.887. The van der Waals surface area contributed by atoms with Gasteiger partial charge in [0.15, 0.2) is 0 Å². The van der Waals surface area contributed by atoms with Crippen LogP contribution in [-0.2, 0) is 0 Å². The molecular formula is C15H23FN2. The lowest BCUT2D eigenvalue weighted by molar-refractivity contribution is 0.0842. The largest absolute Gasteiger partial charge is 0.314 e. The van der Waals surface area contributed by atoms with Crippen LogP contribution in [0.25, 0.3) is 0 Å². The van der Waals surface area contributed by atoms with Crippen molar-refractivity contribution in [2.75, 3.05) is 19.6 Å². The first-order chi connectivity index (χ1) is 8.59. The average Bonchev–Trinajstić information content (AvgIpc) is 2.38. The topological polar surface area (TPSA) is 15.3 Å². The number of piperazine rings is 1. The number of nitrogens with zero attached hydrogens (tertiary/aromatic N) is 1. The molecule has 18 heavy (non-hydrogen) atoms. The molecule has 0 bridgehead atoms. The zero-order chi connectivity index (χ0) is 13.1. The van der Waals surface area contributed by atoms with Gasteiger partial charge in [-0.15, -0.1) is 0 Å². The average molecular weight is 250 g/mol. The van der Waals surface area contributed by atoms with Gasteiger partial charge in [0.2, 0.25) is 0 Å². The molecular weight excluding hydrogens is 227 g/mol. The molecule has 1 aromatic rings. The van der Waals surface area contributed by atoms with Crippen molar-refractivity contribution in [1.29, 1.82) is 0 Å². The highest BCUT2D eigenvalue weighted by molar-refractivity contribution is 5.20. The Bertz CT molecular complexity index is 392. The second kappa shape index (κ2) is 5.81. The molecule has 0 aliphatic carbocycles. The van der Waals surface area contributed by atoms with Crippen LogP contribution < -0.4 is 5.32 Å². The highest BCUT2D eigenvalue weighted by Gasteiger charge is 2.29. The number of nitrogens with one attached hydrogen (secondary N) is 1. The summed E-state index contributed by atoms with van der Waals surface area (Å²) in [7, 11) is 0. The van der Waals surface area contributed by atoms with Crippen LogP contribution >= 0.6 is 0 Å². The summed E-state index contributed by atoms with van der Waals surface area (Å²) in [6, 6.07) is 7.78. The Kier molecular flexibility index (Phi) is 4.36. The third kappa shape index (κ3) is 2.90. The van der Waals surface area contributed by atoms with E-state index >= 15 is 0 Å². The third-order valence-corrected chi connectivity index (χ3v) is 3.92. The number of hydrogen-bond donors (Lipinski definition) is 1. The van der Waals surface area contributed by atoms with Crippen molar-refractivity contribution in [1.82, 2.24) is 10.2 Å². The SMILES string of the molecule is CC(C)C1CNCCN1C(C)c1cccc(F)c1. The Morgan fingerprint density at radius 3 is 2.78 bits per heavy atom. The first kappa shape index (κ1) is 13.5. The molecule has 0 radical (unpaired) electrons. The number of hydrogen-bond acceptors (Lipinski definition) is 2. The fourth-order valence-electron chi connectivity index (χ4n) is 2.80. The van der Waals surface area contributed by atoms with E-state index in [1.54, 1.807) is 12.1 Å². The molecule has 1 aliphatic rings. The second-order valence-electron chi connectivity index (χ2n) is 5.48. The third-order valence-electron chi connectivity index (χ3n) is 3.92. The molecule has 2 nitrogen and oxygen atoms in total. The lowest BCUT2D eigenvalue weighted by atomic mass is 9.96. The number of benzene rings is 1. The Balaban J connectivity index is 2.18. The fraction of sp³-hybridized carbons (Fsp3) is 0.600. The lowest BCUT2D eigenvalue weighted by Gasteiger charge is -2.42. The van der Waals surface area contributed by atoms with Crippen LogP contribution in [0.1, 0.15) is 32.4 Å². The summed E-state index contributed by atoms with van der Waals surface area (Å²) in [5.74, 6) is 0.462. The molecule has 1 N–H and O–H groups in total. The van der Waals surface area contributed by atoms with Crippen LogP contribution in [-0.4, -0.2) is 30.6 Å². The van der Waals surface area contributed by atoms with E-state index in [1.807, 2.05) is 6.07 Å². The minimum absolute atomic E-state index is 0.143. The van der Waals surface area contributed by atoms with E-state index in [0.717, 1.165) is 25.2 Å². The van der Waals surface area contributed by atoms with E-state index in [1.165, 1.54) is 6.07 Å². The summed E-state index contributed by atoms with van der Waals surface area (Å²) in [5, 5.41) is 3.45. The second-order valence-corrected chi connectivity index (χ2v) is 5.48. The molecule has 1 saturated heterocycles. The van der Waals surface area contributed by atoms with E-state index in [4.69, 9.17) is 0 Å². The standard InChI is InChI=1S/C15H23FN2/c1-11(2)15-10-17-7-8-18(15)12(3)13-5-4-6-14(16)9-13/h4-6,9,11-12,15,17H,7-8,10H2,1-3H3. The summed E-state index contributed by atoms with van der Waals surface area (Å²) < 4.78 is 13.3. The van der Waals surface area contributed by atoms with Crippen molar-refractivity contribution >= 4 is 0 Å². The lowest BCUT2D eigenvalue weighted by Crippen LogP contribution is -2.54. The zero-order valence-electron chi connectivity index (χ0n) is 11.5. The first-order valence-electron chi connectivity index (χ1n) is 6.81. The summed E-state index contributed by atoms with van der Waals surface area (Å²) in [4.78, 5) is 2.50. The summed E-state index contributed by atoms with van der Waals surface area (Å²) in [6.07, 6.45) is 0. The molecule has 1 heterocycles. The van der Waals surface area contributed by atoms with Crippen molar-refractivity contribution in [3.05, 3.63) is 35.6 Å². The van der Waals surface area contributed by atoms with Gasteiger partial charge in [0.25, 0.3) is 0 Å². The Hall–Kier alpha value is -0.930. The Labute approximate surface area is 109 Å². The highest BCUT2D eigenvalue weighted by Crippen LogP contribution is 2.26. The number of rotatable bonds is 3. The van der Waals surface area contributed by atoms with Crippen LogP contribution in [0.3, 0.4) is 0 Å². The van der Waals surface area contributed by atoms with Gasteiger partial charge in [-0.1, -0.05) is 26.0 Å². The maximum Gasteiger partial charge on any atom is 0.123 e. The van der Waals surface area contributed by atoms with Crippen molar-refractivity contribution in [3.8, 4) is 0 Å². The molecule has 1 aliphatic heterocycles. The van der Waals surface area contributed by atoms with Gasteiger partial charge in [0, 0.05) is 31.7 Å². The summed E-state index contributed by atoms with van der Waals surface area (Å²) in [6.45, 7) is 9.75. The molecule has 0 aromatic heterocycles. The van der Waals surface area contributed by atoms with Gasteiger partial charge in [-0.3, -0.25) is 4.90 Å². The fourth-order valence-corrected chi connectivity index (χ4v) is 2.80. The predicted octanol–water partition coefficient (Wildman–Crippen LogP) is 2.82. The smallest absolute Gasteiger partial charge is 0.123 e. The first-order valence-corrected chi connectivity index (χ1v) is 6.81. The Morgan fingerprint density at radius 2 is 2.11 bits per heavy atom. The van der Waals surface area contributed by atoms with E-state index in [9.17, 15) is 4.39 Å². The van der Waals surface area contributed by atoms with Gasteiger partial charge in [0.1, 0.15) is 5.82 Å². The van der Waals surface area contributed by atoms with E-state index in [2.05, 4.69) is 31.0 Å². The molecule has 1 fully saturated rings. The van der Waals surface area contributed by atoms with Crippen molar-refractivity contribution in [2.45, 2.75) is 32.9 Å². The molecule has 2 unspecified atom stereocenters. The summed E-state index contributed by atoms with van der Waals surface area (Å²) in [5.41, 5.74) is 1.07. The van der Waals surface area contributed by atoms with Gasteiger partial charge in [-0.05, 0) is 30.5 Å². The van der Waals surface area contributed by atoms with E-state index in [0.29, 0.717) is 12.0 Å². The molecule has 0 amide bonds. The van der Waals surface area contributed by atoms with Gasteiger partial charge in [0.05, 0.1) is 0 Å². The van der Waals surface area contributed by atoms with Crippen LogP contribution in [0.5, 0.6) is 0 Å². The molecule has 1 aromatic carbocycles. The predicted molar refractivity (Wildman–Crippen MR) is 73.0 cm³/mol. The van der Waals surface area contributed by atoms with Crippen molar-refractivity contribution < 1.29 is 4.39 Å². The van der Waals surface area contributed by atoms with Gasteiger partial charge in [-0.2, -0.15) is 0 Å². The normalized spacial score (nSPS) is 23.3. The minimum Gasteiger partial charge on any atom is -0.314 e. The highest BCUT2D eigenvalue weighted by atomic mass is 19.1. The molecule has 3 heteroatoms.